The molecule has 0 radical (unpaired) electrons. The van der Waals surface area contributed by atoms with Crippen molar-refractivity contribution in [2.45, 2.75) is 46.1 Å². The van der Waals surface area contributed by atoms with Crippen molar-refractivity contribution in [2.75, 3.05) is 0 Å². The lowest BCUT2D eigenvalue weighted by molar-refractivity contribution is -0.124. The summed E-state index contributed by atoms with van der Waals surface area (Å²) < 4.78 is 5.42. The molecule has 3 nitrogen and oxygen atoms in total. The maximum Gasteiger partial charge on any atom is 0.223 e. The smallest absolute Gasteiger partial charge is 0.223 e. The van der Waals surface area contributed by atoms with Crippen LogP contribution < -0.4 is 5.32 Å². The van der Waals surface area contributed by atoms with Gasteiger partial charge in [-0.25, -0.2) is 0 Å². The van der Waals surface area contributed by atoms with Crippen molar-refractivity contribution in [3.8, 4) is 0 Å². The van der Waals surface area contributed by atoms with Crippen molar-refractivity contribution < 1.29 is 9.21 Å². The lowest BCUT2D eigenvalue weighted by atomic mass is 10.1. The first-order valence-corrected chi connectivity index (χ1v) is 6.00. The van der Waals surface area contributed by atoms with Crippen LogP contribution in [0.2, 0.25) is 0 Å². The molecule has 2 rings (SSSR count). The second-order valence-electron chi connectivity index (χ2n) is 4.64. The molecule has 0 bridgehead atoms. The average molecular weight is 221 g/mol. The van der Waals surface area contributed by atoms with Gasteiger partial charge in [-0.3, -0.25) is 4.79 Å². The minimum Gasteiger partial charge on any atom is -0.466 e. The maximum atomic E-state index is 11.8. The second-order valence-corrected chi connectivity index (χ2v) is 4.64. The fourth-order valence-corrected chi connectivity index (χ4v) is 2.37. The molecule has 0 aliphatic heterocycles. The predicted molar refractivity (Wildman–Crippen MR) is 62.0 cm³/mol. The van der Waals surface area contributed by atoms with E-state index in [1.807, 2.05) is 19.9 Å². The summed E-state index contributed by atoms with van der Waals surface area (Å²) in [5.41, 5.74) is 1.09. The van der Waals surface area contributed by atoms with Gasteiger partial charge >= 0.3 is 0 Å². The molecule has 0 aromatic carbocycles. The molecule has 1 aromatic heterocycles. The van der Waals surface area contributed by atoms with Gasteiger partial charge < -0.3 is 9.73 Å². The Kier molecular flexibility index (Phi) is 3.32. The van der Waals surface area contributed by atoms with Gasteiger partial charge in [0.2, 0.25) is 5.91 Å². The van der Waals surface area contributed by atoms with Crippen molar-refractivity contribution in [1.82, 2.24) is 5.32 Å². The Morgan fingerprint density at radius 3 is 2.69 bits per heavy atom. The molecule has 16 heavy (non-hydrogen) atoms. The van der Waals surface area contributed by atoms with E-state index in [0.717, 1.165) is 29.9 Å². The fourth-order valence-electron chi connectivity index (χ4n) is 2.37. The monoisotopic (exact) mass is 221 g/mol. The maximum absolute atomic E-state index is 11.8. The molecule has 0 unspecified atom stereocenters. The Morgan fingerprint density at radius 1 is 1.44 bits per heavy atom. The molecule has 1 aliphatic rings. The van der Waals surface area contributed by atoms with Crippen molar-refractivity contribution in [2.24, 2.45) is 5.92 Å². The zero-order valence-corrected chi connectivity index (χ0v) is 10.0. The topological polar surface area (TPSA) is 42.2 Å². The van der Waals surface area contributed by atoms with Crippen molar-refractivity contribution >= 4 is 5.91 Å². The molecule has 0 saturated heterocycles. The zero-order valence-electron chi connectivity index (χ0n) is 10.0. The SMILES string of the molecule is Cc1cc(CNC(=O)C2CCCC2)c(C)o1. The largest absolute Gasteiger partial charge is 0.466 e. The Balaban J connectivity index is 1.87. The van der Waals surface area contributed by atoms with E-state index in [9.17, 15) is 4.79 Å². The number of nitrogens with one attached hydrogen (secondary N) is 1. The number of carbonyl (C=O) groups is 1. The number of carbonyl (C=O) groups excluding carboxylic acids is 1. The van der Waals surface area contributed by atoms with Crippen molar-refractivity contribution in [1.29, 1.82) is 0 Å². The highest BCUT2D eigenvalue weighted by Crippen LogP contribution is 2.24. The standard InChI is InChI=1S/C13H19NO2/c1-9-7-12(10(2)16-9)8-14-13(15)11-5-3-4-6-11/h7,11H,3-6,8H2,1-2H3,(H,14,15). The van der Waals surface area contributed by atoms with Crippen LogP contribution in [0, 0.1) is 19.8 Å². The van der Waals surface area contributed by atoms with Gasteiger partial charge in [-0.1, -0.05) is 12.8 Å². The van der Waals surface area contributed by atoms with Crippen LogP contribution in [0.3, 0.4) is 0 Å². The van der Waals surface area contributed by atoms with E-state index in [0.29, 0.717) is 6.54 Å². The van der Waals surface area contributed by atoms with Crippen LogP contribution in [0.1, 0.15) is 42.8 Å². The van der Waals surface area contributed by atoms with E-state index in [2.05, 4.69) is 5.32 Å². The second kappa shape index (κ2) is 4.73. The lowest BCUT2D eigenvalue weighted by Crippen LogP contribution is -2.28. The quantitative estimate of drug-likeness (QED) is 0.852. The molecule has 1 fully saturated rings. The van der Waals surface area contributed by atoms with Crippen LogP contribution in [-0.4, -0.2) is 5.91 Å². The fraction of sp³-hybridized carbons (Fsp3) is 0.615. The molecule has 1 heterocycles. The minimum atomic E-state index is 0.204. The summed E-state index contributed by atoms with van der Waals surface area (Å²) in [7, 11) is 0. The first-order valence-electron chi connectivity index (χ1n) is 6.00. The number of amides is 1. The van der Waals surface area contributed by atoms with Crippen LogP contribution in [0.5, 0.6) is 0 Å². The van der Waals surface area contributed by atoms with Gasteiger partial charge in [0.1, 0.15) is 11.5 Å². The van der Waals surface area contributed by atoms with Crippen LogP contribution in [0.15, 0.2) is 10.5 Å². The highest BCUT2D eigenvalue weighted by Gasteiger charge is 2.22. The molecular formula is C13H19NO2. The van der Waals surface area contributed by atoms with Crippen LogP contribution in [-0.2, 0) is 11.3 Å². The number of aryl methyl sites for hydroxylation is 2. The number of furan rings is 1. The van der Waals surface area contributed by atoms with E-state index in [-0.39, 0.29) is 11.8 Å². The molecule has 88 valence electrons. The number of rotatable bonds is 3. The van der Waals surface area contributed by atoms with Crippen LogP contribution in [0.4, 0.5) is 0 Å². The Labute approximate surface area is 96.2 Å². The summed E-state index contributed by atoms with van der Waals surface area (Å²) in [6.45, 7) is 4.46. The highest BCUT2D eigenvalue weighted by atomic mass is 16.3. The summed E-state index contributed by atoms with van der Waals surface area (Å²) in [5, 5.41) is 3.00. The van der Waals surface area contributed by atoms with Gasteiger partial charge in [-0.15, -0.1) is 0 Å². The summed E-state index contributed by atoms with van der Waals surface area (Å²) in [6, 6.07) is 1.99. The molecule has 1 aromatic rings. The van der Waals surface area contributed by atoms with Crippen molar-refractivity contribution in [3.05, 3.63) is 23.2 Å². The Bertz CT molecular complexity index is 375. The first kappa shape index (κ1) is 11.2. The van der Waals surface area contributed by atoms with E-state index in [4.69, 9.17) is 4.42 Å². The summed E-state index contributed by atoms with van der Waals surface area (Å²) in [5.74, 6) is 2.26. The molecular weight excluding hydrogens is 202 g/mol. The van der Waals surface area contributed by atoms with E-state index < -0.39 is 0 Å². The predicted octanol–water partition coefficient (Wildman–Crippen LogP) is 2.70. The zero-order chi connectivity index (χ0) is 11.5. The van der Waals surface area contributed by atoms with Crippen molar-refractivity contribution in [3.63, 3.8) is 0 Å². The Morgan fingerprint density at radius 2 is 2.12 bits per heavy atom. The third-order valence-corrected chi connectivity index (χ3v) is 3.32. The highest BCUT2D eigenvalue weighted by molar-refractivity contribution is 5.78. The van der Waals surface area contributed by atoms with Gasteiger partial charge in [-0.2, -0.15) is 0 Å². The Hall–Kier alpha value is -1.25. The molecule has 1 saturated carbocycles. The molecule has 0 spiro atoms. The average Bonchev–Trinajstić information content (AvgIpc) is 2.84. The molecule has 1 amide bonds. The normalized spacial score (nSPS) is 16.6. The van der Waals surface area contributed by atoms with Crippen LogP contribution >= 0.6 is 0 Å². The third-order valence-electron chi connectivity index (χ3n) is 3.32. The van der Waals surface area contributed by atoms with Gasteiger partial charge in [0.15, 0.2) is 0 Å². The van der Waals surface area contributed by atoms with Gasteiger partial charge in [0.25, 0.3) is 0 Å². The molecule has 1 N–H and O–H groups in total. The van der Waals surface area contributed by atoms with Gasteiger partial charge in [0, 0.05) is 18.0 Å². The summed E-state index contributed by atoms with van der Waals surface area (Å²) >= 11 is 0. The molecule has 1 aliphatic carbocycles. The molecule has 3 heteroatoms. The summed E-state index contributed by atoms with van der Waals surface area (Å²) in [4.78, 5) is 11.8. The van der Waals surface area contributed by atoms with Gasteiger partial charge in [0.05, 0.1) is 0 Å². The number of hydrogen-bond donors (Lipinski definition) is 1. The minimum absolute atomic E-state index is 0.204. The van der Waals surface area contributed by atoms with E-state index in [1.165, 1.54) is 12.8 Å². The van der Waals surface area contributed by atoms with Crippen LogP contribution in [0.25, 0.3) is 0 Å². The number of hydrogen-bond acceptors (Lipinski definition) is 2. The lowest BCUT2D eigenvalue weighted by Gasteiger charge is -2.09. The van der Waals surface area contributed by atoms with E-state index in [1.54, 1.807) is 0 Å². The van der Waals surface area contributed by atoms with E-state index >= 15 is 0 Å². The third kappa shape index (κ3) is 2.46. The summed E-state index contributed by atoms with van der Waals surface area (Å²) in [6.07, 6.45) is 4.49. The first-order chi connectivity index (χ1) is 7.66. The van der Waals surface area contributed by atoms with Gasteiger partial charge in [-0.05, 0) is 32.8 Å². The molecule has 0 atom stereocenters.